The molecule has 1 nitrogen and oxygen atoms in total. The van der Waals surface area contributed by atoms with Gasteiger partial charge in [0.15, 0.2) is 29.1 Å². The number of benzene rings is 3. The summed E-state index contributed by atoms with van der Waals surface area (Å²) >= 11 is 0. The number of hydrogen-bond acceptors (Lipinski definition) is 1. The van der Waals surface area contributed by atoms with Crippen LogP contribution in [0.25, 0.3) is 17.2 Å². The molecule has 0 aliphatic heterocycles. The Bertz CT molecular complexity index is 1080. The summed E-state index contributed by atoms with van der Waals surface area (Å²) < 4.78 is 101. The Balaban J connectivity index is 1.89. The molecule has 3 rings (SSSR count). The van der Waals surface area contributed by atoms with Crippen LogP contribution < -0.4 is 4.74 Å². The first kappa shape index (κ1) is 21.4. The van der Waals surface area contributed by atoms with Crippen LogP contribution in [-0.4, -0.2) is 0 Å². The third-order valence-electron chi connectivity index (χ3n) is 4.19. The third-order valence-corrected chi connectivity index (χ3v) is 4.19. The number of ether oxygens (including phenoxy) is 1. The lowest BCUT2D eigenvalue weighted by Crippen LogP contribution is -2.22. The van der Waals surface area contributed by atoms with Crippen LogP contribution >= 0.6 is 0 Å². The minimum atomic E-state index is -4.03. The Morgan fingerprint density at radius 2 is 1.37 bits per heavy atom. The highest BCUT2D eigenvalue weighted by Gasteiger charge is 2.35. The molecule has 0 unspecified atom stereocenters. The highest BCUT2D eigenvalue weighted by atomic mass is 19.3. The SMILES string of the molecule is CC=Cc1ccc(-c2ccc(C(F)(F)Oc3cc(F)c(F)c(F)c3)cc2)c(F)c1F. The Morgan fingerprint density at radius 3 is 1.93 bits per heavy atom. The molecule has 0 aromatic heterocycles. The number of rotatable bonds is 5. The van der Waals surface area contributed by atoms with Gasteiger partial charge in [0, 0.05) is 23.3 Å². The predicted octanol–water partition coefficient (Wildman–Crippen LogP) is 7.21. The van der Waals surface area contributed by atoms with Crippen molar-refractivity contribution in [2.45, 2.75) is 13.0 Å². The van der Waals surface area contributed by atoms with Gasteiger partial charge in [-0.15, -0.1) is 0 Å². The quantitative estimate of drug-likeness (QED) is 0.309. The van der Waals surface area contributed by atoms with E-state index in [4.69, 9.17) is 0 Å². The van der Waals surface area contributed by atoms with Crippen LogP contribution in [0.1, 0.15) is 18.1 Å². The smallest absolute Gasteiger partial charge is 0.426 e. The average Bonchev–Trinajstić information content (AvgIpc) is 2.70. The average molecular weight is 426 g/mol. The maximum Gasteiger partial charge on any atom is 0.426 e. The van der Waals surface area contributed by atoms with Crippen LogP contribution in [0.5, 0.6) is 5.75 Å². The zero-order valence-corrected chi connectivity index (χ0v) is 15.3. The molecule has 8 heteroatoms. The predicted molar refractivity (Wildman–Crippen MR) is 97.3 cm³/mol. The van der Waals surface area contributed by atoms with Crippen molar-refractivity contribution < 1.29 is 35.5 Å². The summed E-state index contributed by atoms with van der Waals surface area (Å²) in [5.41, 5.74) is -0.701. The molecule has 0 radical (unpaired) electrons. The fourth-order valence-corrected chi connectivity index (χ4v) is 2.74. The van der Waals surface area contributed by atoms with Crippen molar-refractivity contribution >= 4 is 6.08 Å². The second-order valence-electron chi connectivity index (χ2n) is 6.23. The summed E-state index contributed by atoms with van der Waals surface area (Å²) in [6, 6.07) is 7.23. The van der Waals surface area contributed by atoms with Crippen LogP contribution in [0.2, 0.25) is 0 Å². The molecule has 3 aromatic rings. The Kier molecular flexibility index (Phi) is 5.87. The summed E-state index contributed by atoms with van der Waals surface area (Å²) in [6.45, 7) is 1.64. The Morgan fingerprint density at radius 1 is 0.767 bits per heavy atom. The highest BCUT2D eigenvalue weighted by Crippen LogP contribution is 2.34. The third kappa shape index (κ3) is 4.17. The topological polar surface area (TPSA) is 9.23 Å². The van der Waals surface area contributed by atoms with Gasteiger partial charge in [-0.1, -0.05) is 36.4 Å². The van der Waals surface area contributed by atoms with Gasteiger partial charge in [0.05, 0.1) is 5.56 Å². The molecule has 0 N–H and O–H groups in total. The molecule has 0 heterocycles. The van der Waals surface area contributed by atoms with Gasteiger partial charge in [-0.25, -0.2) is 22.0 Å². The standard InChI is InChI=1S/C22H13F7O/c1-2-3-13-6-9-16(20(26)19(13)25)12-4-7-14(8-5-12)22(28,29)30-15-10-17(23)21(27)18(24)11-15/h2-11H,1H3. The number of alkyl halides is 2. The van der Waals surface area contributed by atoms with Crippen molar-refractivity contribution in [3.05, 3.63) is 94.8 Å². The molecule has 3 aromatic carbocycles. The molecule has 0 saturated carbocycles. The number of hydrogen-bond donors (Lipinski definition) is 0. The van der Waals surface area contributed by atoms with Crippen LogP contribution in [-0.2, 0) is 6.11 Å². The molecule has 0 saturated heterocycles. The van der Waals surface area contributed by atoms with E-state index in [0.717, 1.165) is 24.3 Å². The van der Waals surface area contributed by atoms with Crippen LogP contribution in [0.4, 0.5) is 30.7 Å². The second kappa shape index (κ2) is 8.22. The molecule has 0 aliphatic rings. The van der Waals surface area contributed by atoms with Crippen molar-refractivity contribution in [3.8, 4) is 16.9 Å². The Hall–Kier alpha value is -3.29. The second-order valence-corrected chi connectivity index (χ2v) is 6.23. The minimum absolute atomic E-state index is 0.0362. The van der Waals surface area contributed by atoms with E-state index in [0.29, 0.717) is 0 Å². The molecular formula is C22H13F7O. The van der Waals surface area contributed by atoms with Crippen LogP contribution in [0.3, 0.4) is 0 Å². The minimum Gasteiger partial charge on any atom is -0.429 e. The largest absolute Gasteiger partial charge is 0.429 e. The number of halogens is 7. The van der Waals surface area contributed by atoms with Gasteiger partial charge < -0.3 is 4.74 Å². The fraction of sp³-hybridized carbons (Fsp3) is 0.0909. The van der Waals surface area contributed by atoms with Gasteiger partial charge in [0.2, 0.25) is 0 Å². The van der Waals surface area contributed by atoms with Crippen molar-refractivity contribution in [1.82, 2.24) is 0 Å². The monoisotopic (exact) mass is 426 g/mol. The summed E-state index contributed by atoms with van der Waals surface area (Å²) in [6.07, 6.45) is -1.12. The lowest BCUT2D eigenvalue weighted by Gasteiger charge is -2.19. The summed E-state index contributed by atoms with van der Waals surface area (Å²) in [5, 5.41) is 0. The van der Waals surface area contributed by atoms with Crippen LogP contribution in [0.15, 0.2) is 54.6 Å². The molecule has 0 fully saturated rings. The van der Waals surface area contributed by atoms with E-state index in [9.17, 15) is 30.7 Å². The van der Waals surface area contributed by atoms with E-state index in [1.807, 2.05) is 0 Å². The normalized spacial score (nSPS) is 11.9. The van der Waals surface area contributed by atoms with E-state index in [1.165, 1.54) is 24.3 Å². The van der Waals surface area contributed by atoms with Gasteiger partial charge in [-0.05, 0) is 24.6 Å². The van der Waals surface area contributed by atoms with Gasteiger partial charge in [-0.2, -0.15) is 8.78 Å². The van der Waals surface area contributed by atoms with Gasteiger partial charge in [0.25, 0.3) is 0 Å². The van der Waals surface area contributed by atoms with E-state index in [1.54, 1.807) is 6.92 Å². The fourth-order valence-electron chi connectivity index (χ4n) is 2.74. The number of allylic oxidation sites excluding steroid dienone is 1. The molecule has 0 atom stereocenters. The Labute approximate surface area is 167 Å². The van der Waals surface area contributed by atoms with E-state index in [2.05, 4.69) is 4.74 Å². The van der Waals surface area contributed by atoms with Crippen molar-refractivity contribution in [1.29, 1.82) is 0 Å². The van der Waals surface area contributed by atoms with Gasteiger partial charge in [0.1, 0.15) is 5.75 Å². The zero-order valence-electron chi connectivity index (χ0n) is 15.3. The summed E-state index contributed by atoms with van der Waals surface area (Å²) in [4.78, 5) is 0. The maximum absolute atomic E-state index is 14.3. The summed E-state index contributed by atoms with van der Waals surface area (Å²) in [7, 11) is 0. The van der Waals surface area contributed by atoms with Gasteiger partial charge in [-0.3, -0.25) is 0 Å². The first-order valence-corrected chi connectivity index (χ1v) is 8.57. The van der Waals surface area contributed by atoms with Gasteiger partial charge >= 0.3 is 6.11 Å². The van der Waals surface area contributed by atoms with E-state index in [-0.39, 0.29) is 28.8 Å². The zero-order chi connectivity index (χ0) is 22.1. The first-order chi connectivity index (χ1) is 14.1. The lowest BCUT2D eigenvalue weighted by molar-refractivity contribution is -0.185. The molecule has 0 bridgehead atoms. The van der Waals surface area contributed by atoms with Crippen molar-refractivity contribution in [3.63, 3.8) is 0 Å². The van der Waals surface area contributed by atoms with E-state index < -0.39 is 46.5 Å². The lowest BCUT2D eigenvalue weighted by atomic mass is 10.0. The van der Waals surface area contributed by atoms with Crippen molar-refractivity contribution in [2.75, 3.05) is 0 Å². The highest BCUT2D eigenvalue weighted by molar-refractivity contribution is 5.67. The van der Waals surface area contributed by atoms with E-state index >= 15 is 0 Å². The van der Waals surface area contributed by atoms with Crippen LogP contribution in [0, 0.1) is 29.1 Å². The molecule has 30 heavy (non-hydrogen) atoms. The molecular weight excluding hydrogens is 413 g/mol. The van der Waals surface area contributed by atoms with Crippen molar-refractivity contribution in [2.24, 2.45) is 0 Å². The first-order valence-electron chi connectivity index (χ1n) is 8.57. The summed E-state index contributed by atoms with van der Waals surface area (Å²) in [5.74, 6) is -8.33. The molecule has 0 spiro atoms. The molecule has 0 amide bonds. The maximum atomic E-state index is 14.3. The molecule has 156 valence electrons. The molecule has 0 aliphatic carbocycles.